The van der Waals surface area contributed by atoms with Crippen molar-refractivity contribution in [1.29, 1.82) is 0 Å². The number of benzene rings is 2. The lowest BCUT2D eigenvalue weighted by Gasteiger charge is -2.17. The lowest BCUT2D eigenvalue weighted by Crippen LogP contribution is -2.25. The predicted octanol–water partition coefficient (Wildman–Crippen LogP) is 4.35. The molecule has 0 saturated heterocycles. The second-order valence-electron chi connectivity index (χ2n) is 7.95. The van der Waals surface area contributed by atoms with Gasteiger partial charge < -0.3 is 14.8 Å². The highest BCUT2D eigenvalue weighted by Crippen LogP contribution is 2.31. The second-order valence-corrected chi connectivity index (χ2v) is 8.89. The molecule has 1 amide bonds. The Labute approximate surface area is 192 Å². The fourth-order valence-electron chi connectivity index (χ4n) is 3.44. The van der Waals surface area contributed by atoms with Crippen molar-refractivity contribution in [3.05, 3.63) is 59.7 Å². The number of aromatic nitrogens is 3. The van der Waals surface area contributed by atoms with Crippen LogP contribution in [0.15, 0.2) is 53.7 Å². The highest BCUT2D eigenvalue weighted by Gasteiger charge is 2.24. The number of thioether (sulfide) groups is 1. The Kier molecular flexibility index (Phi) is 7.12. The minimum absolute atomic E-state index is 0.00256. The molecule has 1 atom stereocenters. The molecule has 1 fully saturated rings. The molecule has 0 bridgehead atoms. The third-order valence-corrected chi connectivity index (χ3v) is 6.35. The molecule has 1 aromatic heterocycles. The van der Waals surface area contributed by atoms with E-state index in [1.165, 1.54) is 0 Å². The average molecular weight is 453 g/mol. The van der Waals surface area contributed by atoms with E-state index in [1.54, 1.807) is 26.0 Å². The van der Waals surface area contributed by atoms with E-state index in [4.69, 9.17) is 9.47 Å². The van der Waals surface area contributed by atoms with E-state index in [-0.39, 0.29) is 11.9 Å². The fraction of sp³-hybridized carbons (Fsp3) is 0.375. The topological polar surface area (TPSA) is 78.3 Å². The summed E-state index contributed by atoms with van der Waals surface area (Å²) < 4.78 is 12.9. The van der Waals surface area contributed by atoms with Crippen LogP contribution in [0.1, 0.15) is 41.7 Å². The van der Waals surface area contributed by atoms with Crippen molar-refractivity contribution in [2.45, 2.75) is 42.8 Å². The van der Waals surface area contributed by atoms with Gasteiger partial charge in [0.15, 0.2) is 11.0 Å². The maximum Gasteiger partial charge on any atom is 0.251 e. The van der Waals surface area contributed by atoms with Gasteiger partial charge in [0.25, 0.3) is 5.91 Å². The van der Waals surface area contributed by atoms with E-state index < -0.39 is 0 Å². The van der Waals surface area contributed by atoms with Crippen molar-refractivity contribution < 1.29 is 14.3 Å². The Balaban J connectivity index is 1.51. The molecular formula is C24H28N4O3S. The van der Waals surface area contributed by atoms with Crippen molar-refractivity contribution >= 4 is 17.7 Å². The van der Waals surface area contributed by atoms with Crippen LogP contribution in [0.3, 0.4) is 0 Å². The van der Waals surface area contributed by atoms with Gasteiger partial charge in [0.2, 0.25) is 0 Å². The van der Waals surface area contributed by atoms with Gasteiger partial charge in [-0.15, -0.1) is 10.2 Å². The van der Waals surface area contributed by atoms with Gasteiger partial charge in [-0.1, -0.05) is 36.0 Å². The summed E-state index contributed by atoms with van der Waals surface area (Å²) in [5.41, 5.74) is 2.76. The number of carbonyl (C=O) groups excluding carboxylic acids is 1. The number of hydrogen-bond acceptors (Lipinski definition) is 6. The first-order valence-electron chi connectivity index (χ1n) is 10.7. The number of amides is 1. The van der Waals surface area contributed by atoms with Crippen LogP contribution in [-0.2, 0) is 10.5 Å². The molecule has 8 heteroatoms. The van der Waals surface area contributed by atoms with Gasteiger partial charge in [0.1, 0.15) is 5.75 Å². The molecule has 2 aromatic carbocycles. The monoisotopic (exact) mass is 452 g/mol. The molecular weight excluding hydrogens is 424 g/mol. The molecule has 1 aliphatic rings. The number of rotatable bonds is 10. The standard InChI is InChI=1S/C24H28N4O3S/c1-16(14-30-2)28-22(19-5-4-6-21(13-19)31-3)26-27-24(28)32-15-17-7-9-18(10-8-17)23(29)25-20-11-12-20/h4-10,13,16,20H,11-12,14-15H2,1-3H3,(H,25,29)/t16-/m1/s1. The molecule has 7 nitrogen and oxygen atoms in total. The molecule has 1 saturated carbocycles. The van der Waals surface area contributed by atoms with E-state index in [1.807, 2.05) is 48.5 Å². The number of methoxy groups -OCH3 is 2. The Morgan fingerprint density at radius 3 is 2.66 bits per heavy atom. The summed E-state index contributed by atoms with van der Waals surface area (Å²) in [7, 11) is 3.35. The second kappa shape index (κ2) is 10.2. The van der Waals surface area contributed by atoms with Crippen LogP contribution in [0.4, 0.5) is 0 Å². The molecule has 1 N–H and O–H groups in total. The van der Waals surface area contributed by atoms with E-state index in [0.29, 0.717) is 18.2 Å². The normalized spacial score (nSPS) is 14.2. The molecule has 3 aromatic rings. The van der Waals surface area contributed by atoms with Crippen molar-refractivity contribution in [3.8, 4) is 17.1 Å². The summed E-state index contributed by atoms with van der Waals surface area (Å²) in [5.74, 6) is 2.28. The number of carbonyl (C=O) groups is 1. The van der Waals surface area contributed by atoms with Crippen molar-refractivity contribution in [2.75, 3.05) is 20.8 Å². The van der Waals surface area contributed by atoms with Crippen LogP contribution in [0.5, 0.6) is 5.75 Å². The van der Waals surface area contributed by atoms with E-state index in [9.17, 15) is 4.79 Å². The first-order valence-corrected chi connectivity index (χ1v) is 11.7. The predicted molar refractivity (Wildman–Crippen MR) is 125 cm³/mol. The zero-order valence-corrected chi connectivity index (χ0v) is 19.4. The van der Waals surface area contributed by atoms with Crippen LogP contribution in [0.25, 0.3) is 11.4 Å². The molecule has 0 spiro atoms. The fourth-order valence-corrected chi connectivity index (χ4v) is 4.44. The minimum atomic E-state index is 0.00256. The maximum atomic E-state index is 12.2. The summed E-state index contributed by atoms with van der Waals surface area (Å²) in [6, 6.07) is 16.0. The van der Waals surface area contributed by atoms with Gasteiger partial charge in [-0.25, -0.2) is 0 Å². The molecule has 0 unspecified atom stereocenters. The Morgan fingerprint density at radius 2 is 1.97 bits per heavy atom. The third-order valence-electron chi connectivity index (χ3n) is 5.34. The van der Waals surface area contributed by atoms with Crippen molar-refractivity contribution in [3.63, 3.8) is 0 Å². The van der Waals surface area contributed by atoms with Gasteiger partial charge >= 0.3 is 0 Å². The Hall–Kier alpha value is -2.84. The summed E-state index contributed by atoms with van der Waals surface area (Å²) in [5, 5.41) is 12.8. The number of ether oxygens (including phenoxy) is 2. The number of nitrogens with one attached hydrogen (secondary N) is 1. The van der Waals surface area contributed by atoms with Crippen LogP contribution >= 0.6 is 11.8 Å². The highest BCUT2D eigenvalue weighted by molar-refractivity contribution is 7.98. The van der Waals surface area contributed by atoms with Crippen LogP contribution in [-0.4, -0.2) is 47.5 Å². The Morgan fingerprint density at radius 1 is 1.19 bits per heavy atom. The molecule has 4 rings (SSSR count). The molecule has 0 radical (unpaired) electrons. The maximum absolute atomic E-state index is 12.2. The van der Waals surface area contributed by atoms with Crippen LogP contribution in [0.2, 0.25) is 0 Å². The zero-order chi connectivity index (χ0) is 22.5. The largest absolute Gasteiger partial charge is 0.497 e. The Bertz CT molecular complexity index is 1060. The van der Waals surface area contributed by atoms with Crippen LogP contribution in [0, 0.1) is 0 Å². The smallest absolute Gasteiger partial charge is 0.251 e. The van der Waals surface area contributed by atoms with E-state index in [2.05, 4.69) is 27.0 Å². The van der Waals surface area contributed by atoms with E-state index in [0.717, 1.165) is 46.5 Å². The van der Waals surface area contributed by atoms with Gasteiger partial charge in [0.05, 0.1) is 19.8 Å². The molecule has 1 heterocycles. The first kappa shape index (κ1) is 22.4. The molecule has 1 aliphatic carbocycles. The minimum Gasteiger partial charge on any atom is -0.497 e. The SMILES string of the molecule is COC[C@@H](C)n1c(SCc2ccc(C(=O)NC3CC3)cc2)nnc1-c1cccc(OC)c1. The quantitative estimate of drug-likeness (QED) is 0.461. The molecule has 0 aliphatic heterocycles. The van der Waals surface area contributed by atoms with Crippen molar-refractivity contribution in [2.24, 2.45) is 0 Å². The summed E-state index contributed by atoms with van der Waals surface area (Å²) in [4.78, 5) is 12.2. The average Bonchev–Trinajstić information content (AvgIpc) is 3.53. The zero-order valence-electron chi connectivity index (χ0n) is 18.6. The van der Waals surface area contributed by atoms with Crippen molar-refractivity contribution in [1.82, 2.24) is 20.1 Å². The molecule has 32 heavy (non-hydrogen) atoms. The third kappa shape index (κ3) is 5.31. The van der Waals surface area contributed by atoms with E-state index >= 15 is 0 Å². The van der Waals surface area contributed by atoms with Gasteiger partial charge in [-0.05, 0) is 49.6 Å². The van der Waals surface area contributed by atoms with Gasteiger partial charge in [-0.3, -0.25) is 9.36 Å². The lowest BCUT2D eigenvalue weighted by atomic mass is 10.1. The van der Waals surface area contributed by atoms with Gasteiger partial charge in [-0.2, -0.15) is 0 Å². The first-order chi connectivity index (χ1) is 15.6. The lowest BCUT2D eigenvalue weighted by molar-refractivity contribution is 0.0951. The molecule has 168 valence electrons. The summed E-state index contributed by atoms with van der Waals surface area (Å²) in [6.45, 7) is 2.64. The number of hydrogen-bond donors (Lipinski definition) is 1. The summed E-state index contributed by atoms with van der Waals surface area (Å²) >= 11 is 1.62. The van der Waals surface area contributed by atoms with Gasteiger partial charge in [0, 0.05) is 30.0 Å². The highest BCUT2D eigenvalue weighted by atomic mass is 32.2. The van der Waals surface area contributed by atoms with Crippen LogP contribution < -0.4 is 10.1 Å². The number of nitrogens with zero attached hydrogens (tertiary/aromatic N) is 3. The summed E-state index contributed by atoms with van der Waals surface area (Å²) in [6.07, 6.45) is 2.17.